The first-order valence-electron chi connectivity index (χ1n) is 12.0. The van der Waals surface area contributed by atoms with E-state index in [4.69, 9.17) is 5.41 Å². The predicted molar refractivity (Wildman–Crippen MR) is 142 cm³/mol. The molecule has 3 unspecified atom stereocenters. The van der Waals surface area contributed by atoms with Crippen molar-refractivity contribution in [2.24, 2.45) is 13.0 Å². The number of rotatable bonds is 7. The number of piperidine rings is 1. The van der Waals surface area contributed by atoms with E-state index in [9.17, 15) is 4.39 Å². The van der Waals surface area contributed by atoms with Crippen molar-refractivity contribution in [2.75, 3.05) is 18.4 Å². The van der Waals surface area contributed by atoms with Crippen molar-refractivity contribution in [3.8, 4) is 0 Å². The molecule has 2 fully saturated rings. The Morgan fingerprint density at radius 3 is 2.61 bits per heavy atom. The molecule has 6 nitrogen and oxygen atoms in total. The van der Waals surface area contributed by atoms with Crippen LogP contribution in [0.4, 0.5) is 15.8 Å². The Labute approximate surface area is 214 Å². The van der Waals surface area contributed by atoms with Crippen molar-refractivity contribution < 1.29 is 4.39 Å². The molecule has 3 aromatic carbocycles. The molecule has 0 amide bonds. The summed E-state index contributed by atoms with van der Waals surface area (Å²) < 4.78 is 15.8. The number of nitrogens with zero attached hydrogens (tertiary/aromatic N) is 4. The van der Waals surface area contributed by atoms with Crippen LogP contribution in [0.5, 0.6) is 0 Å². The van der Waals surface area contributed by atoms with E-state index in [1.165, 1.54) is 35.0 Å². The molecular formula is C28H27FN6S. The average Bonchev–Trinajstić information content (AvgIpc) is 3.12. The van der Waals surface area contributed by atoms with E-state index in [1.807, 2.05) is 13.2 Å². The highest BCUT2D eigenvalue weighted by Crippen LogP contribution is 2.70. The van der Waals surface area contributed by atoms with Gasteiger partial charge in [0.15, 0.2) is 5.03 Å². The van der Waals surface area contributed by atoms with Crippen molar-refractivity contribution in [1.82, 2.24) is 19.3 Å². The number of hydrogen-bond donors (Lipinski definition) is 2. The second-order valence-corrected chi connectivity index (χ2v) is 10.8. The molecule has 0 radical (unpaired) electrons. The molecule has 6 rings (SSSR count). The third-order valence-corrected chi connectivity index (χ3v) is 8.40. The maximum atomic E-state index is 13.4. The van der Waals surface area contributed by atoms with Crippen LogP contribution >= 0.6 is 11.9 Å². The fourth-order valence-electron chi connectivity index (χ4n) is 5.93. The maximum Gasteiger partial charge on any atom is 0.153 e. The van der Waals surface area contributed by atoms with Crippen LogP contribution < -0.4 is 5.32 Å². The van der Waals surface area contributed by atoms with Crippen LogP contribution in [0.15, 0.2) is 78.0 Å². The summed E-state index contributed by atoms with van der Waals surface area (Å²) in [6.07, 6.45) is 3.21. The lowest BCUT2D eigenvalue weighted by Gasteiger charge is -2.25. The van der Waals surface area contributed by atoms with Crippen LogP contribution in [0.3, 0.4) is 0 Å². The Kier molecular flexibility index (Phi) is 5.65. The van der Waals surface area contributed by atoms with Crippen molar-refractivity contribution in [3.63, 3.8) is 0 Å². The quantitative estimate of drug-likeness (QED) is 0.254. The highest BCUT2D eigenvalue weighted by atomic mass is 32.2. The molecule has 36 heavy (non-hydrogen) atoms. The summed E-state index contributed by atoms with van der Waals surface area (Å²) in [7, 11) is 1.84. The van der Waals surface area contributed by atoms with Gasteiger partial charge in [-0.05, 0) is 77.9 Å². The number of benzene rings is 3. The molecule has 4 aromatic rings. The fourth-order valence-corrected chi connectivity index (χ4v) is 6.96. The molecule has 1 saturated carbocycles. The van der Waals surface area contributed by atoms with E-state index in [-0.39, 0.29) is 11.2 Å². The zero-order chi connectivity index (χ0) is 24.9. The van der Waals surface area contributed by atoms with Crippen molar-refractivity contribution >= 4 is 29.5 Å². The number of fused-ring (bicyclic) bond motifs is 1. The lowest BCUT2D eigenvalue weighted by Crippen LogP contribution is -2.24. The van der Waals surface area contributed by atoms with Gasteiger partial charge >= 0.3 is 0 Å². The maximum absolute atomic E-state index is 13.4. The normalized spacial score (nSPS) is 22.9. The number of hydrogen-bond acceptors (Lipinski definition) is 6. The topological polar surface area (TPSA) is 69.8 Å². The molecule has 2 heterocycles. The van der Waals surface area contributed by atoms with Crippen LogP contribution in [0, 0.1) is 24.1 Å². The zero-order valence-corrected chi connectivity index (χ0v) is 21.0. The summed E-state index contributed by atoms with van der Waals surface area (Å²) >= 11 is 1.67. The van der Waals surface area contributed by atoms with E-state index in [0.717, 1.165) is 35.1 Å². The molecule has 2 aliphatic rings. The second kappa shape index (κ2) is 8.87. The number of aromatic nitrogens is 3. The minimum Gasteiger partial charge on any atom is -0.355 e. The molecule has 1 aromatic heterocycles. The molecular weight excluding hydrogens is 471 g/mol. The number of anilines is 2. The highest BCUT2D eigenvalue weighted by Gasteiger charge is 2.70. The molecule has 1 saturated heterocycles. The Morgan fingerprint density at radius 1 is 1.14 bits per heavy atom. The summed E-state index contributed by atoms with van der Waals surface area (Å²) in [5.74, 6) is 0.651. The molecule has 0 bridgehead atoms. The molecule has 2 N–H and O–H groups in total. The first-order valence-corrected chi connectivity index (χ1v) is 12.8. The Morgan fingerprint density at radius 2 is 1.92 bits per heavy atom. The predicted octanol–water partition coefficient (Wildman–Crippen LogP) is 5.68. The molecule has 0 spiro atoms. The Balaban J connectivity index is 1.36. The van der Waals surface area contributed by atoms with Gasteiger partial charge in [-0.2, -0.15) is 9.90 Å². The summed E-state index contributed by atoms with van der Waals surface area (Å²) in [5, 5.41) is 21.1. The Bertz CT molecular complexity index is 1420. The molecule has 8 heteroatoms. The summed E-state index contributed by atoms with van der Waals surface area (Å²) in [4.78, 5) is 1.59. The van der Waals surface area contributed by atoms with E-state index in [0.29, 0.717) is 11.8 Å². The van der Waals surface area contributed by atoms with E-state index >= 15 is 0 Å². The van der Waals surface area contributed by atoms with Crippen LogP contribution in [-0.2, 0) is 12.5 Å². The van der Waals surface area contributed by atoms with Gasteiger partial charge in [-0.25, -0.2) is 8.70 Å². The molecule has 182 valence electrons. The largest absolute Gasteiger partial charge is 0.355 e. The van der Waals surface area contributed by atoms with Crippen LogP contribution in [-0.4, -0.2) is 38.6 Å². The summed E-state index contributed by atoms with van der Waals surface area (Å²) in [6.45, 7) is 4.03. The minimum atomic E-state index is -0.268. The lowest BCUT2D eigenvalue weighted by molar-refractivity contribution is 0.477. The number of aryl methyl sites for hydroxylation is 2. The summed E-state index contributed by atoms with van der Waals surface area (Å²) in [5.41, 5.74) is 6.32. The first kappa shape index (κ1) is 22.9. The average molecular weight is 499 g/mol. The minimum absolute atomic E-state index is 0.0210. The zero-order valence-electron chi connectivity index (χ0n) is 20.1. The molecule has 3 atom stereocenters. The van der Waals surface area contributed by atoms with Gasteiger partial charge in [0.25, 0.3) is 0 Å². The van der Waals surface area contributed by atoms with Crippen LogP contribution in [0.1, 0.15) is 28.2 Å². The van der Waals surface area contributed by atoms with Gasteiger partial charge in [-0.15, -0.1) is 5.10 Å². The highest BCUT2D eigenvalue weighted by molar-refractivity contribution is 7.97. The van der Waals surface area contributed by atoms with E-state index in [2.05, 4.69) is 69.2 Å². The van der Waals surface area contributed by atoms with E-state index < -0.39 is 0 Å². The van der Waals surface area contributed by atoms with Crippen molar-refractivity contribution in [3.05, 3.63) is 101 Å². The van der Waals surface area contributed by atoms with Crippen LogP contribution in [0.2, 0.25) is 0 Å². The standard InChI is InChI=1S/C28H27FN6S/c1-18-12-25(32-22-10-8-21(29)9-11-22)20(14-30)13-23(18)28-17-35(36-26-15-31-34(2)33-26)16-24(28)27(28)19-6-4-3-5-7-19/h3-15,24,27,30,32H,16-17H2,1-2H3. The van der Waals surface area contributed by atoms with Gasteiger partial charge in [0.05, 0.1) is 6.20 Å². The van der Waals surface area contributed by atoms with Gasteiger partial charge in [0.2, 0.25) is 0 Å². The van der Waals surface area contributed by atoms with E-state index in [1.54, 1.807) is 28.9 Å². The lowest BCUT2D eigenvalue weighted by atomic mass is 9.86. The van der Waals surface area contributed by atoms with Crippen molar-refractivity contribution in [2.45, 2.75) is 23.3 Å². The molecule has 1 aliphatic heterocycles. The smallest absolute Gasteiger partial charge is 0.153 e. The van der Waals surface area contributed by atoms with Gasteiger partial charge in [0, 0.05) is 54.6 Å². The SMILES string of the molecule is Cc1cc(Nc2ccc(F)cc2)c(C=N)cc1C12CN(Sc3cnn(C)n3)CC1C2c1ccccc1. The number of nitrogens with one attached hydrogen (secondary N) is 2. The first-order chi connectivity index (χ1) is 17.5. The third kappa shape index (κ3) is 3.90. The Hall–Kier alpha value is -3.49. The number of halogens is 1. The van der Waals surface area contributed by atoms with Gasteiger partial charge in [-0.1, -0.05) is 30.3 Å². The molecule has 1 aliphatic carbocycles. The van der Waals surface area contributed by atoms with Crippen molar-refractivity contribution in [1.29, 1.82) is 5.41 Å². The monoisotopic (exact) mass is 498 g/mol. The van der Waals surface area contributed by atoms with Crippen LogP contribution in [0.25, 0.3) is 0 Å². The summed E-state index contributed by atoms with van der Waals surface area (Å²) in [6, 6.07) is 21.4. The fraction of sp³-hybridized carbons (Fsp3) is 0.250. The van der Waals surface area contributed by atoms with Gasteiger partial charge < -0.3 is 10.7 Å². The third-order valence-electron chi connectivity index (χ3n) is 7.48. The second-order valence-electron chi connectivity index (χ2n) is 9.65. The van der Waals surface area contributed by atoms with Gasteiger partial charge in [-0.3, -0.25) is 0 Å². The van der Waals surface area contributed by atoms with Gasteiger partial charge in [0.1, 0.15) is 5.82 Å².